The number of ether oxygens (including phenoxy) is 1. The van der Waals surface area contributed by atoms with E-state index in [0.29, 0.717) is 18.4 Å². The van der Waals surface area contributed by atoms with Crippen LogP contribution >= 0.6 is 11.7 Å². The number of aromatic nitrogens is 2. The minimum atomic E-state index is -1.82. The van der Waals surface area contributed by atoms with E-state index in [0.717, 1.165) is 18.2 Å². The second-order valence-electron chi connectivity index (χ2n) is 5.55. The van der Waals surface area contributed by atoms with Crippen LogP contribution in [0.25, 0.3) is 0 Å². The van der Waals surface area contributed by atoms with E-state index < -0.39 is 11.9 Å². The van der Waals surface area contributed by atoms with Crippen LogP contribution in [0.15, 0.2) is 0 Å². The first-order chi connectivity index (χ1) is 11.5. The minimum absolute atomic E-state index is 0.413. The molecule has 0 aliphatic carbocycles. The fraction of sp³-hybridized carbons (Fsp3) is 0.600. The maximum Gasteiger partial charge on any atom is 0.414 e. The quantitative estimate of drug-likeness (QED) is 0.609. The van der Waals surface area contributed by atoms with E-state index in [1.54, 1.807) is 0 Å². The summed E-state index contributed by atoms with van der Waals surface area (Å²) in [5.74, 6) is 4.04. The number of hydrogen-bond acceptors (Lipinski definition) is 7. The van der Waals surface area contributed by atoms with Crippen molar-refractivity contribution >= 4 is 23.7 Å². The van der Waals surface area contributed by atoms with Gasteiger partial charge in [0, 0.05) is 19.0 Å². The van der Waals surface area contributed by atoms with Gasteiger partial charge < -0.3 is 19.8 Å². The fourth-order valence-corrected chi connectivity index (χ4v) is 3.58. The predicted molar refractivity (Wildman–Crippen MR) is 86.0 cm³/mol. The van der Waals surface area contributed by atoms with Crippen molar-refractivity contribution in [1.29, 1.82) is 0 Å². The number of fused-ring (bicyclic) bond motifs is 2. The smallest absolute Gasteiger partial charge is 0.414 e. The third kappa shape index (κ3) is 4.66. The van der Waals surface area contributed by atoms with Gasteiger partial charge in [-0.25, -0.2) is 9.59 Å². The minimum Gasteiger partial charge on any atom is -0.473 e. The molecule has 2 N–H and O–H groups in total. The molecule has 1 aromatic rings. The maximum atomic E-state index is 9.10. The molecule has 2 saturated heterocycles. The molecule has 0 amide bonds. The Kier molecular flexibility index (Phi) is 6.52. The first kappa shape index (κ1) is 18.2. The number of carboxylic acids is 2. The van der Waals surface area contributed by atoms with E-state index in [4.69, 9.17) is 24.5 Å². The van der Waals surface area contributed by atoms with Gasteiger partial charge in [-0.1, -0.05) is 5.92 Å². The first-order valence-electron chi connectivity index (χ1n) is 7.56. The van der Waals surface area contributed by atoms with Crippen LogP contribution in [0.2, 0.25) is 0 Å². The Hall–Kier alpha value is -2.18. The lowest BCUT2D eigenvalue weighted by molar-refractivity contribution is -0.159. The van der Waals surface area contributed by atoms with Crippen LogP contribution in [0, 0.1) is 17.8 Å². The van der Waals surface area contributed by atoms with Crippen LogP contribution < -0.4 is 4.74 Å². The van der Waals surface area contributed by atoms with Gasteiger partial charge >= 0.3 is 11.9 Å². The molecule has 0 saturated carbocycles. The number of hydrogen-bond donors (Lipinski definition) is 2. The Labute approximate surface area is 143 Å². The summed E-state index contributed by atoms with van der Waals surface area (Å²) in [5.41, 5.74) is 1.06. The molecule has 130 valence electrons. The van der Waals surface area contributed by atoms with E-state index in [1.165, 1.54) is 37.7 Å². The molecule has 3 atom stereocenters. The Balaban J connectivity index is 0.000000301. The standard InChI is InChI=1S/C13H17N3OS.C2H2O4/c1-2-3-7-17-13-12(14-18-15-13)11-9-16-6-4-5-10(11)8-16;3-1(4)2(5)6/h10-11H,4-9H2,1H3;(H,3,4)(H,5,6). The Morgan fingerprint density at radius 3 is 2.71 bits per heavy atom. The Morgan fingerprint density at radius 2 is 2.08 bits per heavy atom. The van der Waals surface area contributed by atoms with Gasteiger partial charge in [-0.15, -0.1) is 10.3 Å². The summed E-state index contributed by atoms with van der Waals surface area (Å²) in [5, 5.41) is 14.8. The highest BCUT2D eigenvalue weighted by Crippen LogP contribution is 2.40. The SMILES string of the molecule is CC#CCOc1nsnc1C1CN2CCCC1C2.O=C(O)C(=O)O. The second-order valence-corrected chi connectivity index (χ2v) is 6.08. The monoisotopic (exact) mass is 353 g/mol. The molecule has 2 fully saturated rings. The van der Waals surface area contributed by atoms with Crippen LogP contribution in [0.3, 0.4) is 0 Å². The normalized spacial score (nSPS) is 24.1. The van der Waals surface area contributed by atoms with Gasteiger partial charge in [-0.2, -0.15) is 4.37 Å². The summed E-state index contributed by atoms with van der Waals surface area (Å²) in [6.07, 6.45) is 2.63. The van der Waals surface area contributed by atoms with Gasteiger partial charge in [0.15, 0.2) is 6.61 Å². The van der Waals surface area contributed by atoms with E-state index in [-0.39, 0.29) is 0 Å². The van der Waals surface area contributed by atoms with Crippen LogP contribution in [-0.2, 0) is 9.59 Å². The number of aliphatic carboxylic acids is 2. The lowest BCUT2D eigenvalue weighted by Crippen LogP contribution is -2.25. The molecule has 0 radical (unpaired) electrons. The van der Waals surface area contributed by atoms with Crippen molar-refractivity contribution in [2.75, 3.05) is 26.2 Å². The summed E-state index contributed by atoms with van der Waals surface area (Å²) in [4.78, 5) is 20.7. The van der Waals surface area contributed by atoms with Crippen molar-refractivity contribution in [3.63, 3.8) is 0 Å². The summed E-state index contributed by atoms with van der Waals surface area (Å²) < 4.78 is 14.4. The molecule has 8 nitrogen and oxygen atoms in total. The molecular formula is C15H19N3O5S. The molecule has 2 aliphatic rings. The lowest BCUT2D eigenvalue weighted by Gasteiger charge is -2.21. The molecular weight excluding hydrogens is 334 g/mol. The number of carboxylic acid groups (broad SMARTS) is 2. The van der Waals surface area contributed by atoms with Crippen LogP contribution in [0.4, 0.5) is 0 Å². The Morgan fingerprint density at radius 1 is 1.33 bits per heavy atom. The molecule has 2 bridgehead atoms. The van der Waals surface area contributed by atoms with Gasteiger partial charge in [0.2, 0.25) is 5.88 Å². The lowest BCUT2D eigenvalue weighted by atomic mass is 9.89. The van der Waals surface area contributed by atoms with Crippen LogP contribution in [-0.4, -0.2) is 62.0 Å². The van der Waals surface area contributed by atoms with E-state index in [9.17, 15) is 0 Å². The second kappa shape index (κ2) is 8.61. The number of rotatable bonds is 3. The molecule has 2 aliphatic heterocycles. The van der Waals surface area contributed by atoms with Crippen LogP contribution in [0.1, 0.15) is 31.4 Å². The zero-order valence-corrected chi connectivity index (χ0v) is 14.1. The highest BCUT2D eigenvalue weighted by Gasteiger charge is 2.39. The highest BCUT2D eigenvalue weighted by atomic mass is 32.1. The molecule has 0 aromatic carbocycles. The number of nitrogens with zero attached hydrogens (tertiary/aromatic N) is 3. The molecule has 3 rings (SSSR count). The highest BCUT2D eigenvalue weighted by molar-refractivity contribution is 6.99. The van der Waals surface area contributed by atoms with E-state index in [1.807, 2.05) is 6.92 Å². The number of carbonyl (C=O) groups is 2. The third-order valence-corrected chi connectivity index (χ3v) is 4.57. The average molecular weight is 353 g/mol. The molecule has 0 spiro atoms. The van der Waals surface area contributed by atoms with Gasteiger partial charge in [-0.05, 0) is 32.2 Å². The largest absolute Gasteiger partial charge is 0.473 e. The van der Waals surface area contributed by atoms with Crippen LogP contribution in [0.5, 0.6) is 5.88 Å². The molecule has 1 aromatic heterocycles. The van der Waals surface area contributed by atoms with Gasteiger partial charge in [0.05, 0.1) is 11.7 Å². The van der Waals surface area contributed by atoms with E-state index >= 15 is 0 Å². The third-order valence-electron chi connectivity index (χ3n) is 4.04. The maximum absolute atomic E-state index is 9.10. The molecule has 9 heteroatoms. The fourth-order valence-electron chi connectivity index (χ4n) is 3.01. The van der Waals surface area contributed by atoms with Crippen molar-refractivity contribution in [2.24, 2.45) is 5.92 Å². The van der Waals surface area contributed by atoms with E-state index in [2.05, 4.69) is 25.5 Å². The van der Waals surface area contributed by atoms with Gasteiger partial charge in [-0.3, -0.25) is 0 Å². The predicted octanol–water partition coefficient (Wildman–Crippen LogP) is 0.905. The van der Waals surface area contributed by atoms with Crippen molar-refractivity contribution in [3.8, 4) is 17.7 Å². The van der Waals surface area contributed by atoms with Crippen molar-refractivity contribution < 1.29 is 24.5 Å². The van der Waals surface area contributed by atoms with Gasteiger partial charge in [0.1, 0.15) is 5.69 Å². The van der Waals surface area contributed by atoms with Crippen molar-refractivity contribution in [2.45, 2.75) is 25.7 Å². The average Bonchev–Trinajstić information content (AvgIpc) is 3.12. The zero-order chi connectivity index (χ0) is 17.5. The van der Waals surface area contributed by atoms with Gasteiger partial charge in [0.25, 0.3) is 0 Å². The summed E-state index contributed by atoms with van der Waals surface area (Å²) in [7, 11) is 0. The molecule has 24 heavy (non-hydrogen) atoms. The topological polar surface area (TPSA) is 113 Å². The molecule has 3 heterocycles. The molecule has 3 unspecified atom stereocenters. The summed E-state index contributed by atoms with van der Waals surface area (Å²) in [6.45, 7) is 5.80. The summed E-state index contributed by atoms with van der Waals surface area (Å²) in [6, 6.07) is 0. The first-order valence-corrected chi connectivity index (χ1v) is 8.29. The number of piperidine rings is 1. The summed E-state index contributed by atoms with van der Waals surface area (Å²) >= 11 is 1.25. The Bertz CT molecular complexity index is 639. The van der Waals surface area contributed by atoms with Crippen molar-refractivity contribution in [3.05, 3.63) is 5.69 Å². The zero-order valence-electron chi connectivity index (χ0n) is 13.3. The van der Waals surface area contributed by atoms with Crippen molar-refractivity contribution in [1.82, 2.24) is 13.6 Å².